The summed E-state index contributed by atoms with van der Waals surface area (Å²) in [5.74, 6) is 0.129. The lowest BCUT2D eigenvalue weighted by molar-refractivity contribution is -0.158. The molecule has 9 heteroatoms. The van der Waals surface area contributed by atoms with E-state index in [0.29, 0.717) is 29.5 Å². The molecule has 44 heavy (non-hydrogen) atoms. The number of carbonyl (C=O) groups is 3. The zero-order valence-corrected chi connectivity index (χ0v) is 27.1. The maximum atomic E-state index is 14.3. The van der Waals surface area contributed by atoms with E-state index in [1.54, 1.807) is 12.0 Å². The maximum Gasteiger partial charge on any atom is 0.307 e. The molecular formula is C35H47N3O6. The van der Waals surface area contributed by atoms with Gasteiger partial charge in [-0.1, -0.05) is 40.5 Å². The van der Waals surface area contributed by atoms with Gasteiger partial charge in [0.15, 0.2) is 0 Å². The number of aldehydes is 1. The van der Waals surface area contributed by atoms with E-state index in [2.05, 4.69) is 0 Å². The Balaban J connectivity index is 1.41. The fourth-order valence-electron chi connectivity index (χ4n) is 7.66. The minimum absolute atomic E-state index is 0.0142. The van der Waals surface area contributed by atoms with Gasteiger partial charge in [0.1, 0.15) is 29.4 Å². The van der Waals surface area contributed by atoms with Gasteiger partial charge in [0.05, 0.1) is 43.1 Å². The van der Waals surface area contributed by atoms with E-state index >= 15 is 0 Å². The number of aromatic nitrogens is 2. The van der Waals surface area contributed by atoms with Crippen LogP contribution in [0.2, 0.25) is 0 Å². The number of rotatable bonds is 3. The van der Waals surface area contributed by atoms with Gasteiger partial charge in [0, 0.05) is 23.3 Å². The van der Waals surface area contributed by atoms with Gasteiger partial charge in [-0.2, -0.15) is 0 Å². The van der Waals surface area contributed by atoms with E-state index in [0.717, 1.165) is 62.4 Å². The molecule has 2 bridgehead atoms. The van der Waals surface area contributed by atoms with E-state index in [-0.39, 0.29) is 36.2 Å². The van der Waals surface area contributed by atoms with E-state index in [9.17, 15) is 14.4 Å². The molecule has 3 fully saturated rings. The summed E-state index contributed by atoms with van der Waals surface area (Å²) >= 11 is 0. The van der Waals surface area contributed by atoms with Crippen LogP contribution in [0, 0.1) is 23.2 Å². The molecule has 2 aromatic rings. The molecule has 9 nitrogen and oxygen atoms in total. The standard InChI is InChI=1S/C35H47N3O6/c1-7-23-27(20-39)38-19-28(23)43-31-30(36-25-12-11-22(42-6)16-26(25)37-31)35(14-15-35)13-9-8-10-21-18-34(21,5)44-29(40)17-24(32(38)41)33(2,3)4/h11-12,16,20-21,23-24,27-28H,7-10,13-15,17-19H2,1-6H3/t21-,23+,24-,27-,28+,34-/m1/s1. The predicted octanol–water partition coefficient (Wildman–Crippen LogP) is 5.80. The third-order valence-corrected chi connectivity index (χ3v) is 10.9. The Morgan fingerprint density at radius 1 is 1.11 bits per heavy atom. The molecule has 1 spiro atoms. The van der Waals surface area contributed by atoms with Crippen LogP contribution >= 0.6 is 0 Å². The summed E-state index contributed by atoms with van der Waals surface area (Å²) in [5, 5.41) is 0. The summed E-state index contributed by atoms with van der Waals surface area (Å²) in [6, 6.07) is 5.06. The topological polar surface area (TPSA) is 108 Å². The van der Waals surface area contributed by atoms with Crippen LogP contribution in [0.1, 0.15) is 98.1 Å². The molecule has 2 aliphatic carbocycles. The minimum atomic E-state index is -0.655. The summed E-state index contributed by atoms with van der Waals surface area (Å²) in [6.07, 6.45) is 8.05. The summed E-state index contributed by atoms with van der Waals surface area (Å²) in [5.41, 5.74) is 1.30. The third-order valence-electron chi connectivity index (χ3n) is 10.9. The van der Waals surface area contributed by atoms with Crippen LogP contribution in [-0.2, 0) is 24.5 Å². The number of esters is 1. The molecular weight excluding hydrogens is 558 g/mol. The molecule has 6 atom stereocenters. The molecule has 0 radical (unpaired) electrons. The number of methoxy groups -OCH3 is 1. The smallest absolute Gasteiger partial charge is 0.307 e. The number of amides is 1. The van der Waals surface area contributed by atoms with Crippen molar-refractivity contribution in [1.82, 2.24) is 14.9 Å². The number of carbonyl (C=O) groups excluding carboxylic acids is 3. The van der Waals surface area contributed by atoms with Gasteiger partial charge >= 0.3 is 5.97 Å². The van der Waals surface area contributed by atoms with Gasteiger partial charge in [0.25, 0.3) is 0 Å². The van der Waals surface area contributed by atoms with Crippen molar-refractivity contribution in [1.29, 1.82) is 0 Å². The van der Waals surface area contributed by atoms with Crippen LogP contribution < -0.4 is 9.47 Å². The normalized spacial score (nSPS) is 32.1. The molecule has 2 saturated carbocycles. The highest BCUT2D eigenvalue weighted by Gasteiger charge is 2.55. The highest BCUT2D eigenvalue weighted by molar-refractivity contribution is 5.87. The molecule has 0 unspecified atom stereocenters. The van der Waals surface area contributed by atoms with Crippen LogP contribution in [0.4, 0.5) is 0 Å². The Morgan fingerprint density at radius 3 is 2.55 bits per heavy atom. The quantitative estimate of drug-likeness (QED) is 0.319. The second-order valence-electron chi connectivity index (χ2n) is 14.9. The lowest BCUT2D eigenvalue weighted by Crippen LogP contribution is -2.46. The van der Waals surface area contributed by atoms with Gasteiger partial charge < -0.3 is 23.9 Å². The summed E-state index contributed by atoms with van der Waals surface area (Å²) in [7, 11) is 1.63. The van der Waals surface area contributed by atoms with Crippen LogP contribution in [0.5, 0.6) is 11.6 Å². The van der Waals surface area contributed by atoms with Crippen molar-refractivity contribution in [3.05, 3.63) is 23.9 Å². The molecule has 6 rings (SSSR count). The lowest BCUT2D eigenvalue weighted by atomic mass is 9.77. The van der Waals surface area contributed by atoms with Crippen molar-refractivity contribution in [3.8, 4) is 11.6 Å². The van der Waals surface area contributed by atoms with E-state index in [4.69, 9.17) is 24.2 Å². The van der Waals surface area contributed by atoms with Crippen molar-refractivity contribution in [2.24, 2.45) is 23.2 Å². The Hall–Kier alpha value is -3.23. The fraction of sp³-hybridized carbons (Fsp3) is 0.686. The van der Waals surface area contributed by atoms with Crippen LogP contribution in [0.3, 0.4) is 0 Å². The summed E-state index contributed by atoms with van der Waals surface area (Å²) in [6.45, 7) is 10.2. The Labute approximate surface area is 260 Å². The highest BCUT2D eigenvalue weighted by Crippen LogP contribution is 2.55. The summed E-state index contributed by atoms with van der Waals surface area (Å²) in [4.78, 5) is 52.0. The first-order valence-corrected chi connectivity index (χ1v) is 16.4. The molecule has 3 heterocycles. The average molecular weight is 606 g/mol. The van der Waals surface area contributed by atoms with Crippen molar-refractivity contribution in [3.63, 3.8) is 0 Å². The molecule has 0 N–H and O–H groups in total. The molecule has 238 valence electrons. The van der Waals surface area contributed by atoms with E-state index < -0.39 is 29.1 Å². The largest absolute Gasteiger partial charge is 0.497 e. The second kappa shape index (κ2) is 11.3. The molecule has 1 aromatic carbocycles. The first-order chi connectivity index (χ1) is 20.9. The first-order valence-electron chi connectivity index (χ1n) is 16.4. The monoisotopic (exact) mass is 605 g/mol. The average Bonchev–Trinajstić information content (AvgIpc) is 3.86. The van der Waals surface area contributed by atoms with Gasteiger partial charge in [-0.05, 0) is 63.0 Å². The SMILES string of the molecule is CC[C@@H]1[C@@H]2CN(C(=O)[C@H](C(C)(C)C)CC(=O)O[C@]3(C)C[C@H]3CCCCC3(CC3)c3nc4ccc(OC)cc4nc3O2)[C@@H]1C=O. The molecule has 1 saturated heterocycles. The van der Waals surface area contributed by atoms with Gasteiger partial charge in [-0.3, -0.25) is 9.59 Å². The van der Waals surface area contributed by atoms with Crippen molar-refractivity contribution in [2.75, 3.05) is 13.7 Å². The maximum absolute atomic E-state index is 14.3. The van der Waals surface area contributed by atoms with Crippen molar-refractivity contribution < 1.29 is 28.6 Å². The highest BCUT2D eigenvalue weighted by atomic mass is 16.6. The fourth-order valence-corrected chi connectivity index (χ4v) is 7.66. The molecule has 1 aromatic heterocycles. The van der Waals surface area contributed by atoms with Crippen LogP contribution in [0.25, 0.3) is 11.0 Å². The molecule has 1 amide bonds. The lowest BCUT2D eigenvalue weighted by Gasteiger charge is -2.34. The first kappa shape index (κ1) is 30.8. The van der Waals surface area contributed by atoms with Gasteiger partial charge in [-0.25, -0.2) is 9.97 Å². The van der Waals surface area contributed by atoms with Crippen molar-refractivity contribution in [2.45, 2.75) is 116 Å². The Morgan fingerprint density at radius 2 is 1.89 bits per heavy atom. The van der Waals surface area contributed by atoms with E-state index in [1.165, 1.54) is 0 Å². The predicted molar refractivity (Wildman–Crippen MR) is 165 cm³/mol. The zero-order chi connectivity index (χ0) is 31.4. The third kappa shape index (κ3) is 5.67. The van der Waals surface area contributed by atoms with Crippen LogP contribution in [0.15, 0.2) is 18.2 Å². The molecule has 4 aliphatic rings. The van der Waals surface area contributed by atoms with Gasteiger partial charge in [-0.15, -0.1) is 0 Å². The van der Waals surface area contributed by atoms with Crippen LogP contribution in [-0.4, -0.2) is 64.4 Å². The molecule has 2 aliphatic heterocycles. The van der Waals surface area contributed by atoms with Crippen molar-refractivity contribution >= 4 is 29.2 Å². The number of ether oxygens (including phenoxy) is 3. The van der Waals surface area contributed by atoms with E-state index in [1.807, 2.05) is 52.8 Å². The Kier molecular flexibility index (Phi) is 7.90. The number of nitrogens with zero attached hydrogens (tertiary/aromatic N) is 3. The second-order valence-corrected chi connectivity index (χ2v) is 14.9. The summed E-state index contributed by atoms with van der Waals surface area (Å²) < 4.78 is 18.3. The van der Waals surface area contributed by atoms with Gasteiger partial charge in [0.2, 0.25) is 11.8 Å². The minimum Gasteiger partial charge on any atom is -0.497 e. The number of hydrogen-bond donors (Lipinski definition) is 0. The number of hydrogen-bond acceptors (Lipinski definition) is 8. The Bertz CT molecular complexity index is 1450. The number of fused-ring (bicyclic) bond motifs is 6. The number of benzene rings is 1. The zero-order valence-electron chi connectivity index (χ0n) is 27.1.